The van der Waals surface area contributed by atoms with Crippen LogP contribution in [0.2, 0.25) is 0 Å². The molecule has 4 heteroatoms. The van der Waals surface area contributed by atoms with E-state index in [1.165, 1.54) is 17.3 Å². The van der Waals surface area contributed by atoms with E-state index in [0.717, 1.165) is 38.1 Å². The van der Waals surface area contributed by atoms with Crippen LogP contribution in [0.5, 0.6) is 0 Å². The van der Waals surface area contributed by atoms with Crippen LogP contribution in [0.15, 0.2) is 30.3 Å². The lowest BCUT2D eigenvalue weighted by atomic mass is 9.94. The molecule has 1 aromatic carbocycles. The molecule has 1 N–H and O–H groups in total. The molecule has 0 bridgehead atoms. The van der Waals surface area contributed by atoms with Gasteiger partial charge in [-0.1, -0.05) is 42.1 Å². The number of amides is 1. The van der Waals surface area contributed by atoms with Crippen molar-refractivity contribution in [3.8, 4) is 0 Å². The zero-order valence-corrected chi connectivity index (χ0v) is 11.9. The van der Waals surface area contributed by atoms with Crippen molar-refractivity contribution in [1.29, 1.82) is 0 Å². The molecule has 0 spiro atoms. The molecule has 1 aliphatic rings. The maximum atomic E-state index is 12.1. The third kappa shape index (κ3) is 4.55. The SMILES string of the molecule is O=C(SCc1ccccc1)N1CCC(CCO)CC1. The van der Waals surface area contributed by atoms with E-state index in [-0.39, 0.29) is 11.8 Å². The molecular formula is C15H21NO2S. The molecule has 1 aliphatic heterocycles. The summed E-state index contributed by atoms with van der Waals surface area (Å²) in [4.78, 5) is 14.0. The number of aliphatic hydroxyl groups excluding tert-OH is 1. The lowest BCUT2D eigenvalue weighted by Gasteiger charge is -2.31. The third-order valence-electron chi connectivity index (χ3n) is 3.62. The topological polar surface area (TPSA) is 40.5 Å². The zero-order chi connectivity index (χ0) is 13.5. The molecule has 1 saturated heterocycles. The van der Waals surface area contributed by atoms with Gasteiger partial charge in [0.25, 0.3) is 5.24 Å². The predicted molar refractivity (Wildman–Crippen MR) is 79.1 cm³/mol. The van der Waals surface area contributed by atoms with Crippen molar-refractivity contribution in [2.45, 2.75) is 25.0 Å². The summed E-state index contributed by atoms with van der Waals surface area (Å²) in [7, 11) is 0. The number of piperidine rings is 1. The molecule has 1 amide bonds. The maximum absolute atomic E-state index is 12.1. The summed E-state index contributed by atoms with van der Waals surface area (Å²) in [5, 5.41) is 9.11. The molecule has 0 aliphatic carbocycles. The minimum Gasteiger partial charge on any atom is -0.396 e. The standard InChI is InChI=1S/C15H21NO2S/c17-11-8-13-6-9-16(10-7-13)15(18)19-12-14-4-2-1-3-5-14/h1-5,13,17H,6-12H2. The number of nitrogens with zero attached hydrogens (tertiary/aromatic N) is 1. The Labute approximate surface area is 119 Å². The van der Waals surface area contributed by atoms with E-state index in [9.17, 15) is 4.79 Å². The van der Waals surface area contributed by atoms with Gasteiger partial charge >= 0.3 is 0 Å². The summed E-state index contributed by atoms with van der Waals surface area (Å²) in [6.07, 6.45) is 2.93. The van der Waals surface area contributed by atoms with Crippen LogP contribution in [0.25, 0.3) is 0 Å². The van der Waals surface area contributed by atoms with Crippen molar-refractivity contribution in [3.63, 3.8) is 0 Å². The highest BCUT2D eigenvalue weighted by atomic mass is 32.2. The Morgan fingerprint density at radius 2 is 1.95 bits per heavy atom. The summed E-state index contributed by atoms with van der Waals surface area (Å²) in [5.74, 6) is 1.34. The second-order valence-electron chi connectivity index (χ2n) is 4.98. The van der Waals surface area contributed by atoms with Gasteiger partial charge in [-0.25, -0.2) is 0 Å². The number of thioether (sulfide) groups is 1. The van der Waals surface area contributed by atoms with E-state index in [4.69, 9.17) is 5.11 Å². The molecule has 2 rings (SSSR count). The number of rotatable bonds is 4. The van der Waals surface area contributed by atoms with Gasteiger partial charge in [-0.3, -0.25) is 4.79 Å². The summed E-state index contributed by atoms with van der Waals surface area (Å²) in [6.45, 7) is 1.94. The van der Waals surface area contributed by atoms with Gasteiger partial charge in [0, 0.05) is 25.4 Å². The highest BCUT2D eigenvalue weighted by molar-refractivity contribution is 8.12. The van der Waals surface area contributed by atoms with Gasteiger partial charge in [0.1, 0.15) is 0 Å². The maximum Gasteiger partial charge on any atom is 0.281 e. The van der Waals surface area contributed by atoms with Gasteiger partial charge in [-0.05, 0) is 30.7 Å². The van der Waals surface area contributed by atoms with Crippen molar-refractivity contribution in [1.82, 2.24) is 4.90 Å². The molecule has 0 unspecified atom stereocenters. The van der Waals surface area contributed by atoms with E-state index < -0.39 is 0 Å². The Bertz CT molecular complexity index is 388. The number of hydrogen-bond acceptors (Lipinski definition) is 3. The van der Waals surface area contributed by atoms with Crippen LogP contribution in [-0.2, 0) is 5.75 Å². The lowest BCUT2D eigenvalue weighted by Crippen LogP contribution is -2.36. The number of carbonyl (C=O) groups is 1. The van der Waals surface area contributed by atoms with Gasteiger partial charge < -0.3 is 10.0 Å². The average molecular weight is 279 g/mol. The molecule has 0 atom stereocenters. The first kappa shape index (κ1) is 14.4. The molecule has 104 valence electrons. The fraction of sp³-hybridized carbons (Fsp3) is 0.533. The van der Waals surface area contributed by atoms with Crippen molar-refractivity contribution in [2.24, 2.45) is 5.92 Å². The van der Waals surface area contributed by atoms with Crippen molar-refractivity contribution < 1.29 is 9.90 Å². The van der Waals surface area contributed by atoms with Gasteiger partial charge in [0.2, 0.25) is 0 Å². The van der Waals surface area contributed by atoms with Gasteiger partial charge in [0.15, 0.2) is 0 Å². The minimum absolute atomic E-state index is 0.186. The molecule has 3 nitrogen and oxygen atoms in total. The van der Waals surface area contributed by atoms with Gasteiger partial charge in [-0.15, -0.1) is 0 Å². The van der Waals surface area contributed by atoms with Gasteiger partial charge in [-0.2, -0.15) is 0 Å². The summed E-state index contributed by atoms with van der Waals surface area (Å²) in [5.41, 5.74) is 1.19. The fourth-order valence-corrected chi connectivity index (χ4v) is 3.25. The Balaban J connectivity index is 1.73. The third-order valence-corrected chi connectivity index (χ3v) is 4.60. The average Bonchev–Trinajstić information content (AvgIpc) is 2.47. The minimum atomic E-state index is 0.186. The van der Waals surface area contributed by atoms with E-state index in [1.807, 2.05) is 35.2 Å². The van der Waals surface area contributed by atoms with Crippen LogP contribution in [0, 0.1) is 5.92 Å². The normalized spacial score (nSPS) is 16.6. The van der Waals surface area contributed by atoms with E-state index in [0.29, 0.717) is 5.92 Å². The largest absolute Gasteiger partial charge is 0.396 e. The van der Waals surface area contributed by atoms with Crippen LogP contribution >= 0.6 is 11.8 Å². The van der Waals surface area contributed by atoms with Crippen LogP contribution in [0.1, 0.15) is 24.8 Å². The quantitative estimate of drug-likeness (QED) is 0.920. The Hall–Kier alpha value is -1.00. The first-order chi connectivity index (χ1) is 9.29. The number of likely N-dealkylation sites (tertiary alicyclic amines) is 1. The number of aliphatic hydroxyl groups is 1. The molecule has 0 saturated carbocycles. The van der Waals surface area contributed by atoms with E-state index >= 15 is 0 Å². The molecule has 0 aromatic heterocycles. The number of carbonyl (C=O) groups excluding carboxylic acids is 1. The van der Waals surface area contributed by atoms with E-state index in [1.54, 1.807) is 0 Å². The van der Waals surface area contributed by atoms with Crippen LogP contribution in [0.3, 0.4) is 0 Å². The molecule has 19 heavy (non-hydrogen) atoms. The van der Waals surface area contributed by atoms with Crippen molar-refractivity contribution in [2.75, 3.05) is 19.7 Å². The fourth-order valence-electron chi connectivity index (χ4n) is 2.40. The van der Waals surface area contributed by atoms with Gasteiger partial charge in [0.05, 0.1) is 0 Å². The Kier molecular flexibility index (Phi) is 5.73. The summed E-state index contributed by atoms with van der Waals surface area (Å²) < 4.78 is 0. The van der Waals surface area contributed by atoms with Crippen LogP contribution < -0.4 is 0 Å². The first-order valence-corrected chi connectivity index (χ1v) is 7.84. The second-order valence-corrected chi connectivity index (χ2v) is 5.91. The monoisotopic (exact) mass is 279 g/mol. The van der Waals surface area contributed by atoms with E-state index in [2.05, 4.69) is 0 Å². The first-order valence-electron chi connectivity index (χ1n) is 6.86. The van der Waals surface area contributed by atoms with Crippen molar-refractivity contribution >= 4 is 17.0 Å². The molecule has 1 heterocycles. The molecule has 1 fully saturated rings. The Morgan fingerprint density at radius 1 is 1.26 bits per heavy atom. The van der Waals surface area contributed by atoms with Crippen molar-refractivity contribution in [3.05, 3.63) is 35.9 Å². The van der Waals surface area contributed by atoms with Crippen LogP contribution in [0.4, 0.5) is 4.79 Å². The molecule has 1 aromatic rings. The zero-order valence-electron chi connectivity index (χ0n) is 11.1. The summed E-state index contributed by atoms with van der Waals surface area (Å²) in [6, 6.07) is 10.1. The van der Waals surface area contributed by atoms with Crippen LogP contribution in [-0.4, -0.2) is 34.9 Å². The second kappa shape index (κ2) is 7.56. The highest BCUT2D eigenvalue weighted by Crippen LogP contribution is 2.24. The highest BCUT2D eigenvalue weighted by Gasteiger charge is 2.22. The Morgan fingerprint density at radius 3 is 2.58 bits per heavy atom. The molecular weight excluding hydrogens is 258 g/mol. The predicted octanol–water partition coefficient (Wildman–Crippen LogP) is 3.13. The number of hydrogen-bond donors (Lipinski definition) is 1. The molecule has 0 radical (unpaired) electrons. The smallest absolute Gasteiger partial charge is 0.281 e. The summed E-state index contributed by atoms with van der Waals surface area (Å²) >= 11 is 1.39. The number of benzene rings is 1. The lowest BCUT2D eigenvalue weighted by molar-refractivity contribution is 0.174.